The van der Waals surface area contributed by atoms with Gasteiger partial charge in [0.15, 0.2) is 0 Å². The smallest absolute Gasteiger partial charge is 0.0205 e. The van der Waals surface area contributed by atoms with Gasteiger partial charge in [-0.25, -0.2) is 0 Å². The van der Waals surface area contributed by atoms with Gasteiger partial charge in [-0.3, -0.25) is 0 Å². The average molecular weight is 251 g/mol. The predicted molar refractivity (Wildman–Crippen MR) is 80.3 cm³/mol. The molecule has 19 heavy (non-hydrogen) atoms. The van der Waals surface area contributed by atoms with Crippen molar-refractivity contribution in [2.75, 3.05) is 6.54 Å². The maximum Gasteiger partial charge on any atom is 0.0205 e. The van der Waals surface area contributed by atoms with Crippen LogP contribution in [0.1, 0.15) is 35.4 Å². The summed E-state index contributed by atoms with van der Waals surface area (Å²) < 4.78 is 0. The Kier molecular flexibility index (Phi) is 3.95. The monoisotopic (exact) mass is 251 g/mol. The van der Waals surface area contributed by atoms with Gasteiger partial charge in [-0.2, -0.15) is 0 Å². The molecule has 0 spiro atoms. The van der Waals surface area contributed by atoms with E-state index in [1.165, 1.54) is 29.5 Å². The van der Waals surface area contributed by atoms with Crippen LogP contribution in [0.25, 0.3) is 0 Å². The van der Waals surface area contributed by atoms with E-state index in [0.29, 0.717) is 0 Å². The van der Waals surface area contributed by atoms with Gasteiger partial charge in [0, 0.05) is 6.54 Å². The second-order valence-corrected chi connectivity index (χ2v) is 5.43. The topological polar surface area (TPSA) is 12.0 Å². The van der Waals surface area contributed by atoms with Crippen molar-refractivity contribution in [1.29, 1.82) is 0 Å². The van der Waals surface area contributed by atoms with Crippen molar-refractivity contribution in [3.63, 3.8) is 0 Å². The van der Waals surface area contributed by atoms with Crippen LogP contribution in [0.15, 0.2) is 54.6 Å². The first-order valence-corrected chi connectivity index (χ1v) is 7.25. The van der Waals surface area contributed by atoms with Gasteiger partial charge >= 0.3 is 0 Å². The third-order valence-corrected chi connectivity index (χ3v) is 3.79. The van der Waals surface area contributed by atoms with Gasteiger partial charge in [-0.05, 0) is 48.4 Å². The zero-order valence-electron chi connectivity index (χ0n) is 11.3. The Morgan fingerprint density at radius 2 is 1.58 bits per heavy atom. The van der Waals surface area contributed by atoms with Crippen LogP contribution >= 0.6 is 0 Å². The normalized spacial score (nSPS) is 14.5. The molecule has 0 saturated heterocycles. The number of hydrogen-bond donors (Lipinski definition) is 1. The van der Waals surface area contributed by atoms with E-state index >= 15 is 0 Å². The van der Waals surface area contributed by atoms with Gasteiger partial charge in [0.1, 0.15) is 0 Å². The van der Waals surface area contributed by atoms with Crippen LogP contribution in [0.4, 0.5) is 0 Å². The Morgan fingerprint density at radius 1 is 0.842 bits per heavy atom. The Balaban J connectivity index is 1.42. The largest absolute Gasteiger partial charge is 0.312 e. The maximum absolute atomic E-state index is 3.51. The van der Waals surface area contributed by atoms with Gasteiger partial charge < -0.3 is 5.32 Å². The molecule has 1 fully saturated rings. The van der Waals surface area contributed by atoms with Gasteiger partial charge in [0.25, 0.3) is 0 Å². The van der Waals surface area contributed by atoms with E-state index in [2.05, 4.69) is 59.9 Å². The highest BCUT2D eigenvalue weighted by molar-refractivity contribution is 5.28. The van der Waals surface area contributed by atoms with E-state index in [9.17, 15) is 0 Å². The quantitative estimate of drug-likeness (QED) is 0.768. The molecular weight excluding hydrogens is 230 g/mol. The molecular formula is C18H21N. The first-order chi connectivity index (χ1) is 9.42. The second-order valence-electron chi connectivity index (χ2n) is 5.43. The van der Waals surface area contributed by atoms with Crippen molar-refractivity contribution in [1.82, 2.24) is 5.32 Å². The Labute approximate surface area is 115 Å². The van der Waals surface area contributed by atoms with E-state index in [1.54, 1.807) is 0 Å². The molecule has 2 aromatic carbocycles. The molecule has 0 aromatic heterocycles. The zero-order chi connectivity index (χ0) is 12.9. The molecule has 0 heterocycles. The summed E-state index contributed by atoms with van der Waals surface area (Å²) in [6.07, 6.45) is 3.87. The summed E-state index contributed by atoms with van der Waals surface area (Å²) in [6, 6.07) is 19.8. The Morgan fingerprint density at radius 3 is 2.26 bits per heavy atom. The SMILES string of the molecule is c1ccc(CCNCc2ccc(C3CC3)cc2)cc1. The molecule has 0 atom stereocenters. The summed E-state index contributed by atoms with van der Waals surface area (Å²) in [7, 11) is 0. The highest BCUT2D eigenvalue weighted by Crippen LogP contribution is 2.39. The summed E-state index contributed by atoms with van der Waals surface area (Å²) >= 11 is 0. The minimum atomic E-state index is 0.861. The van der Waals surface area contributed by atoms with Crippen molar-refractivity contribution >= 4 is 0 Å². The molecule has 0 aliphatic heterocycles. The molecule has 1 N–H and O–H groups in total. The lowest BCUT2D eigenvalue weighted by Crippen LogP contribution is -2.16. The lowest BCUT2D eigenvalue weighted by molar-refractivity contribution is 0.687. The van der Waals surface area contributed by atoms with Crippen molar-refractivity contribution in [2.45, 2.75) is 31.7 Å². The van der Waals surface area contributed by atoms with E-state index in [0.717, 1.165) is 25.4 Å². The Bertz CT molecular complexity index is 497. The lowest BCUT2D eigenvalue weighted by atomic mass is 10.1. The van der Waals surface area contributed by atoms with Gasteiger partial charge in [-0.15, -0.1) is 0 Å². The summed E-state index contributed by atoms with van der Waals surface area (Å²) in [4.78, 5) is 0. The molecule has 0 amide bonds. The maximum atomic E-state index is 3.51. The summed E-state index contributed by atoms with van der Waals surface area (Å²) in [6.45, 7) is 2.01. The van der Waals surface area contributed by atoms with Gasteiger partial charge in [-0.1, -0.05) is 54.6 Å². The highest BCUT2D eigenvalue weighted by Gasteiger charge is 2.22. The van der Waals surface area contributed by atoms with Crippen molar-refractivity contribution < 1.29 is 0 Å². The van der Waals surface area contributed by atoms with Crippen molar-refractivity contribution in [3.05, 3.63) is 71.3 Å². The molecule has 0 bridgehead atoms. The molecule has 1 saturated carbocycles. The molecule has 2 aromatic rings. The van der Waals surface area contributed by atoms with Crippen LogP contribution in [-0.2, 0) is 13.0 Å². The molecule has 1 heteroatoms. The van der Waals surface area contributed by atoms with Crippen LogP contribution in [0, 0.1) is 0 Å². The summed E-state index contributed by atoms with van der Waals surface area (Å²) in [5.41, 5.74) is 4.31. The molecule has 0 unspecified atom stereocenters. The fourth-order valence-corrected chi connectivity index (χ4v) is 2.43. The molecule has 1 nitrogen and oxygen atoms in total. The average Bonchev–Trinajstić information content (AvgIpc) is 3.30. The first-order valence-electron chi connectivity index (χ1n) is 7.25. The van der Waals surface area contributed by atoms with E-state index < -0.39 is 0 Å². The van der Waals surface area contributed by atoms with E-state index in [1.807, 2.05) is 0 Å². The van der Waals surface area contributed by atoms with Crippen LogP contribution < -0.4 is 5.32 Å². The third kappa shape index (κ3) is 3.68. The fraction of sp³-hybridized carbons (Fsp3) is 0.333. The van der Waals surface area contributed by atoms with Crippen LogP contribution in [0.5, 0.6) is 0 Å². The Hall–Kier alpha value is -1.60. The minimum Gasteiger partial charge on any atom is -0.312 e. The number of rotatable bonds is 6. The molecule has 98 valence electrons. The van der Waals surface area contributed by atoms with E-state index in [-0.39, 0.29) is 0 Å². The third-order valence-electron chi connectivity index (χ3n) is 3.79. The predicted octanol–water partition coefficient (Wildman–Crippen LogP) is 3.90. The molecule has 3 rings (SSSR count). The molecule has 1 aliphatic rings. The molecule has 1 aliphatic carbocycles. The van der Waals surface area contributed by atoms with E-state index in [4.69, 9.17) is 0 Å². The zero-order valence-corrected chi connectivity index (χ0v) is 11.3. The van der Waals surface area contributed by atoms with Gasteiger partial charge in [0.05, 0.1) is 0 Å². The minimum absolute atomic E-state index is 0.861. The van der Waals surface area contributed by atoms with Gasteiger partial charge in [0.2, 0.25) is 0 Å². The molecule has 0 radical (unpaired) electrons. The fourth-order valence-electron chi connectivity index (χ4n) is 2.43. The number of nitrogens with one attached hydrogen (secondary N) is 1. The second kappa shape index (κ2) is 6.03. The standard InChI is InChI=1S/C18H21N/c1-2-4-15(5-3-1)12-13-19-14-16-6-8-17(9-7-16)18-10-11-18/h1-9,18-19H,10-14H2. The van der Waals surface area contributed by atoms with Crippen molar-refractivity contribution in [3.8, 4) is 0 Å². The number of hydrogen-bond acceptors (Lipinski definition) is 1. The van der Waals surface area contributed by atoms with Crippen LogP contribution in [-0.4, -0.2) is 6.54 Å². The summed E-state index contributed by atoms with van der Waals surface area (Å²) in [5.74, 6) is 0.861. The number of benzene rings is 2. The lowest BCUT2D eigenvalue weighted by Gasteiger charge is -2.06. The van der Waals surface area contributed by atoms with Crippen molar-refractivity contribution in [2.24, 2.45) is 0 Å². The highest BCUT2D eigenvalue weighted by atomic mass is 14.8. The first kappa shape index (κ1) is 12.4. The van der Waals surface area contributed by atoms with Crippen LogP contribution in [0.2, 0.25) is 0 Å². The summed E-state index contributed by atoms with van der Waals surface area (Å²) in [5, 5.41) is 3.51. The van der Waals surface area contributed by atoms with Crippen LogP contribution in [0.3, 0.4) is 0 Å².